The number of carboxylic acids is 1. The Bertz CT molecular complexity index is 830. The van der Waals surface area contributed by atoms with E-state index in [1.807, 2.05) is 0 Å². The number of amides is 1. The Hall–Kier alpha value is -2.15. The number of benzene rings is 1. The number of H-pyrrole nitrogens is 1. The number of aromatic nitrogens is 1. The van der Waals surface area contributed by atoms with Gasteiger partial charge in [-0.1, -0.05) is 12.1 Å². The van der Waals surface area contributed by atoms with E-state index >= 15 is 0 Å². The molecule has 1 amide bonds. The lowest BCUT2D eigenvalue weighted by atomic mass is 10.1. The number of halogens is 1. The second-order valence-corrected chi connectivity index (χ2v) is 6.14. The fourth-order valence-corrected chi connectivity index (χ4v) is 3.20. The average Bonchev–Trinajstić information content (AvgIpc) is 2.97. The summed E-state index contributed by atoms with van der Waals surface area (Å²) in [5.41, 5.74) is 0.496. The van der Waals surface area contributed by atoms with E-state index < -0.39 is 11.9 Å². The number of hydrogen-bond acceptors (Lipinski definition) is 3. The van der Waals surface area contributed by atoms with Gasteiger partial charge in [0.15, 0.2) is 0 Å². The Kier molecular flexibility index (Phi) is 3.74. The van der Waals surface area contributed by atoms with E-state index in [1.54, 1.807) is 18.2 Å². The number of likely N-dealkylation sites (tertiary alicyclic amines) is 1. The minimum Gasteiger partial charge on any atom is -0.481 e. The molecule has 1 atom stereocenters. The van der Waals surface area contributed by atoms with Crippen LogP contribution in [0, 0.1) is 5.92 Å². The van der Waals surface area contributed by atoms with Gasteiger partial charge in [0.1, 0.15) is 0 Å². The van der Waals surface area contributed by atoms with Crippen LogP contribution >= 0.6 is 15.9 Å². The van der Waals surface area contributed by atoms with Gasteiger partial charge in [0.2, 0.25) is 5.56 Å². The van der Waals surface area contributed by atoms with Crippen LogP contribution in [0.1, 0.15) is 16.8 Å². The topological polar surface area (TPSA) is 90.5 Å². The number of para-hydroxylation sites is 1. The van der Waals surface area contributed by atoms with Crippen molar-refractivity contribution in [2.24, 2.45) is 5.92 Å². The van der Waals surface area contributed by atoms with E-state index in [9.17, 15) is 14.4 Å². The van der Waals surface area contributed by atoms with Crippen molar-refractivity contribution in [2.75, 3.05) is 13.1 Å². The van der Waals surface area contributed by atoms with Crippen molar-refractivity contribution in [2.45, 2.75) is 6.42 Å². The molecule has 2 heterocycles. The Balaban J connectivity index is 2.03. The summed E-state index contributed by atoms with van der Waals surface area (Å²) in [4.78, 5) is 39.7. The first-order valence-corrected chi connectivity index (χ1v) is 7.60. The zero-order chi connectivity index (χ0) is 15.9. The molecule has 0 saturated carbocycles. The van der Waals surface area contributed by atoms with E-state index in [0.29, 0.717) is 33.9 Å². The summed E-state index contributed by atoms with van der Waals surface area (Å²) >= 11 is 3.35. The zero-order valence-corrected chi connectivity index (χ0v) is 13.1. The van der Waals surface area contributed by atoms with Crippen molar-refractivity contribution in [3.05, 3.63) is 44.7 Å². The van der Waals surface area contributed by atoms with Crippen molar-refractivity contribution >= 4 is 38.7 Å². The summed E-state index contributed by atoms with van der Waals surface area (Å²) in [6.07, 6.45) is 0.436. The molecule has 0 bridgehead atoms. The summed E-state index contributed by atoms with van der Waals surface area (Å²) in [5.74, 6) is -1.74. The van der Waals surface area contributed by atoms with Crippen molar-refractivity contribution in [1.29, 1.82) is 0 Å². The highest BCUT2D eigenvalue weighted by molar-refractivity contribution is 9.10. The molecule has 0 unspecified atom stereocenters. The van der Waals surface area contributed by atoms with Gasteiger partial charge >= 0.3 is 5.97 Å². The SMILES string of the molecule is O=C(O)[C@@H]1CCN(C(=O)c2cc(=O)[nH]c3c(Br)cccc23)C1. The number of rotatable bonds is 2. The summed E-state index contributed by atoms with van der Waals surface area (Å²) in [6, 6.07) is 6.59. The number of carboxylic acid groups (broad SMARTS) is 1. The molecule has 2 N–H and O–H groups in total. The molecule has 114 valence electrons. The van der Waals surface area contributed by atoms with Crippen LogP contribution in [0.4, 0.5) is 0 Å². The van der Waals surface area contributed by atoms with E-state index in [-0.39, 0.29) is 18.0 Å². The monoisotopic (exact) mass is 364 g/mol. The number of nitrogens with one attached hydrogen (secondary N) is 1. The molecule has 1 aliphatic heterocycles. The highest BCUT2D eigenvalue weighted by Gasteiger charge is 2.32. The van der Waals surface area contributed by atoms with E-state index in [4.69, 9.17) is 5.11 Å². The van der Waals surface area contributed by atoms with Gasteiger partial charge in [-0.15, -0.1) is 0 Å². The lowest BCUT2D eigenvalue weighted by Gasteiger charge is -2.17. The molecule has 1 aliphatic rings. The van der Waals surface area contributed by atoms with Crippen LogP contribution in [-0.2, 0) is 4.79 Å². The quantitative estimate of drug-likeness (QED) is 0.850. The van der Waals surface area contributed by atoms with Crippen LogP contribution in [-0.4, -0.2) is 40.0 Å². The minimum atomic E-state index is -0.895. The number of aliphatic carboxylic acids is 1. The summed E-state index contributed by atoms with van der Waals surface area (Å²) < 4.78 is 0.696. The third-order valence-corrected chi connectivity index (χ3v) is 4.54. The highest BCUT2D eigenvalue weighted by atomic mass is 79.9. The lowest BCUT2D eigenvalue weighted by Crippen LogP contribution is -2.31. The maximum atomic E-state index is 12.7. The van der Waals surface area contributed by atoms with E-state index in [0.717, 1.165) is 0 Å². The van der Waals surface area contributed by atoms with E-state index in [1.165, 1.54) is 11.0 Å². The van der Waals surface area contributed by atoms with Gasteiger partial charge < -0.3 is 15.0 Å². The fraction of sp³-hybridized carbons (Fsp3) is 0.267. The molecule has 2 aromatic rings. The van der Waals surface area contributed by atoms with Gasteiger partial charge in [0.05, 0.1) is 17.0 Å². The number of fused-ring (bicyclic) bond motifs is 1. The van der Waals surface area contributed by atoms with Gasteiger partial charge in [0.25, 0.3) is 5.91 Å². The lowest BCUT2D eigenvalue weighted by molar-refractivity contribution is -0.141. The molecule has 1 aromatic carbocycles. The number of carbonyl (C=O) groups is 2. The Labute approximate surface area is 133 Å². The number of pyridine rings is 1. The van der Waals surface area contributed by atoms with Gasteiger partial charge in [-0.3, -0.25) is 14.4 Å². The van der Waals surface area contributed by atoms with Crippen LogP contribution in [0.2, 0.25) is 0 Å². The fourth-order valence-electron chi connectivity index (χ4n) is 2.74. The smallest absolute Gasteiger partial charge is 0.308 e. The molecular formula is C15H13BrN2O4. The predicted octanol–water partition coefficient (Wildman–Crippen LogP) is 1.84. The molecule has 1 fully saturated rings. The molecule has 6 nitrogen and oxygen atoms in total. The van der Waals surface area contributed by atoms with Crippen LogP contribution in [0.5, 0.6) is 0 Å². The minimum absolute atomic E-state index is 0.177. The Morgan fingerprint density at radius 2 is 2.14 bits per heavy atom. The molecule has 1 aromatic heterocycles. The van der Waals surface area contributed by atoms with Crippen molar-refractivity contribution in [3.8, 4) is 0 Å². The van der Waals surface area contributed by atoms with Crippen LogP contribution in [0.15, 0.2) is 33.5 Å². The average molecular weight is 365 g/mol. The Morgan fingerprint density at radius 3 is 2.82 bits per heavy atom. The number of nitrogens with zero attached hydrogens (tertiary/aromatic N) is 1. The molecule has 0 radical (unpaired) electrons. The molecule has 0 aliphatic carbocycles. The van der Waals surface area contributed by atoms with Crippen molar-refractivity contribution < 1.29 is 14.7 Å². The first-order chi connectivity index (χ1) is 10.5. The maximum absolute atomic E-state index is 12.7. The van der Waals surface area contributed by atoms with Crippen molar-refractivity contribution in [3.63, 3.8) is 0 Å². The molecule has 7 heteroatoms. The summed E-state index contributed by atoms with van der Waals surface area (Å²) in [7, 11) is 0. The highest BCUT2D eigenvalue weighted by Crippen LogP contribution is 2.26. The van der Waals surface area contributed by atoms with Crippen molar-refractivity contribution in [1.82, 2.24) is 9.88 Å². The van der Waals surface area contributed by atoms with Crippen LogP contribution in [0.25, 0.3) is 10.9 Å². The maximum Gasteiger partial charge on any atom is 0.308 e. The second-order valence-electron chi connectivity index (χ2n) is 5.28. The molecule has 0 spiro atoms. The molecular weight excluding hydrogens is 352 g/mol. The first kappa shape index (κ1) is 14.8. The third kappa shape index (κ3) is 2.52. The third-order valence-electron chi connectivity index (χ3n) is 3.88. The standard InChI is InChI=1S/C15H13BrN2O4/c16-11-3-1-2-9-10(6-12(19)17-13(9)11)14(20)18-5-4-8(7-18)15(21)22/h1-3,6,8H,4-5,7H2,(H,17,19)(H,21,22)/t8-/m1/s1. The predicted molar refractivity (Wildman–Crippen MR) is 83.9 cm³/mol. The number of hydrogen-bond donors (Lipinski definition) is 2. The summed E-state index contributed by atoms with van der Waals surface area (Å²) in [5, 5.41) is 9.67. The summed E-state index contributed by atoms with van der Waals surface area (Å²) in [6.45, 7) is 0.564. The zero-order valence-electron chi connectivity index (χ0n) is 11.5. The van der Waals surface area contributed by atoms with Gasteiger partial charge in [-0.2, -0.15) is 0 Å². The number of carbonyl (C=O) groups excluding carboxylic acids is 1. The van der Waals surface area contributed by atoms with Gasteiger partial charge in [-0.05, 0) is 28.4 Å². The second kappa shape index (κ2) is 5.57. The first-order valence-electron chi connectivity index (χ1n) is 6.81. The molecule has 3 rings (SSSR count). The normalized spacial score (nSPS) is 17.9. The van der Waals surface area contributed by atoms with Gasteiger partial charge in [-0.25, -0.2) is 0 Å². The number of aromatic amines is 1. The van der Waals surface area contributed by atoms with Crippen LogP contribution < -0.4 is 5.56 Å². The Morgan fingerprint density at radius 1 is 1.36 bits per heavy atom. The van der Waals surface area contributed by atoms with Crippen LogP contribution in [0.3, 0.4) is 0 Å². The van der Waals surface area contributed by atoms with Gasteiger partial charge in [0, 0.05) is 29.0 Å². The van der Waals surface area contributed by atoms with E-state index in [2.05, 4.69) is 20.9 Å². The molecule has 22 heavy (non-hydrogen) atoms. The largest absolute Gasteiger partial charge is 0.481 e. The molecule has 1 saturated heterocycles.